The van der Waals surface area contributed by atoms with E-state index in [4.69, 9.17) is 4.74 Å². The summed E-state index contributed by atoms with van der Waals surface area (Å²) < 4.78 is 5.79. The van der Waals surface area contributed by atoms with Crippen molar-refractivity contribution in [3.05, 3.63) is 28.8 Å². The Labute approximate surface area is 121 Å². The van der Waals surface area contributed by atoms with Gasteiger partial charge in [0.25, 0.3) is 0 Å². The highest BCUT2D eigenvalue weighted by Crippen LogP contribution is 2.25. The lowest BCUT2D eigenvalue weighted by Gasteiger charge is -2.15. The van der Waals surface area contributed by atoms with Gasteiger partial charge in [0.05, 0.1) is 6.54 Å². The van der Waals surface area contributed by atoms with E-state index in [1.807, 2.05) is 20.8 Å². The first kappa shape index (κ1) is 16.3. The van der Waals surface area contributed by atoms with Crippen LogP contribution in [-0.4, -0.2) is 25.2 Å². The summed E-state index contributed by atoms with van der Waals surface area (Å²) in [5, 5.41) is 5.65. The maximum atomic E-state index is 11.5. The number of nitrogens with one attached hydrogen (secondary N) is 2. The third-order valence-corrected chi connectivity index (χ3v) is 3.50. The molecule has 0 saturated heterocycles. The van der Waals surface area contributed by atoms with Gasteiger partial charge in [-0.3, -0.25) is 0 Å². The van der Waals surface area contributed by atoms with Crippen LogP contribution in [0.15, 0.2) is 12.1 Å². The summed E-state index contributed by atoms with van der Waals surface area (Å²) in [4.78, 5) is 11.5. The van der Waals surface area contributed by atoms with Crippen LogP contribution in [0.4, 0.5) is 4.79 Å². The molecule has 2 N–H and O–H groups in total. The van der Waals surface area contributed by atoms with Crippen LogP contribution in [0.1, 0.15) is 37.0 Å². The molecule has 0 bridgehead atoms. The van der Waals surface area contributed by atoms with E-state index in [1.54, 1.807) is 0 Å². The number of rotatable bonds is 6. The predicted octanol–water partition coefficient (Wildman–Crippen LogP) is 3.09. The Balaban J connectivity index is 2.39. The van der Waals surface area contributed by atoms with E-state index in [-0.39, 0.29) is 12.1 Å². The second kappa shape index (κ2) is 7.78. The van der Waals surface area contributed by atoms with Crippen LogP contribution in [-0.2, 0) is 0 Å². The molecular weight excluding hydrogens is 252 g/mol. The minimum absolute atomic E-state index is 0.138. The molecular formula is C16H26N2O2. The zero-order valence-electron chi connectivity index (χ0n) is 13.2. The van der Waals surface area contributed by atoms with E-state index < -0.39 is 0 Å². The number of benzene rings is 1. The van der Waals surface area contributed by atoms with Crippen molar-refractivity contribution in [2.24, 2.45) is 0 Å². The molecule has 0 radical (unpaired) electrons. The molecule has 20 heavy (non-hydrogen) atoms. The first-order valence-electron chi connectivity index (χ1n) is 7.19. The topological polar surface area (TPSA) is 50.4 Å². The van der Waals surface area contributed by atoms with Gasteiger partial charge in [0, 0.05) is 6.04 Å². The Bertz CT molecular complexity index is 458. The standard InChI is InChI=1S/C16H26N2O2/c1-6-13(4)18-16(19)17-9-10-20-15-12(3)8-7-11(2)14(15)5/h7-8,13H,6,9-10H2,1-5H3,(H2,17,18,19). The molecule has 1 aromatic rings. The van der Waals surface area contributed by atoms with E-state index in [1.165, 1.54) is 5.56 Å². The minimum Gasteiger partial charge on any atom is -0.491 e. The molecule has 0 saturated carbocycles. The summed E-state index contributed by atoms with van der Waals surface area (Å²) in [5.74, 6) is 0.925. The van der Waals surface area contributed by atoms with Crippen LogP contribution in [0.3, 0.4) is 0 Å². The van der Waals surface area contributed by atoms with E-state index >= 15 is 0 Å². The van der Waals surface area contributed by atoms with Crippen LogP contribution in [0.5, 0.6) is 5.75 Å². The number of aryl methyl sites for hydroxylation is 2. The highest BCUT2D eigenvalue weighted by Gasteiger charge is 2.07. The average molecular weight is 278 g/mol. The number of hydrogen-bond donors (Lipinski definition) is 2. The molecule has 4 heteroatoms. The van der Waals surface area contributed by atoms with Gasteiger partial charge in [-0.1, -0.05) is 19.1 Å². The molecule has 0 aromatic heterocycles. The Morgan fingerprint density at radius 1 is 1.25 bits per heavy atom. The normalized spacial score (nSPS) is 11.8. The molecule has 2 amide bonds. The Kier molecular flexibility index (Phi) is 6.36. The lowest BCUT2D eigenvalue weighted by molar-refractivity contribution is 0.233. The maximum absolute atomic E-state index is 11.5. The van der Waals surface area contributed by atoms with Gasteiger partial charge in [-0.05, 0) is 50.8 Å². The number of carbonyl (C=O) groups excluding carboxylic acids is 1. The number of amides is 2. The summed E-state index contributed by atoms with van der Waals surface area (Å²) in [5.41, 5.74) is 3.50. The third-order valence-electron chi connectivity index (χ3n) is 3.50. The zero-order valence-corrected chi connectivity index (χ0v) is 13.2. The van der Waals surface area contributed by atoms with Crippen molar-refractivity contribution in [1.29, 1.82) is 0 Å². The highest BCUT2D eigenvalue weighted by molar-refractivity contribution is 5.74. The summed E-state index contributed by atoms with van der Waals surface area (Å²) >= 11 is 0. The van der Waals surface area contributed by atoms with Gasteiger partial charge in [0.2, 0.25) is 0 Å². The molecule has 112 valence electrons. The molecule has 0 spiro atoms. The molecule has 1 aromatic carbocycles. The molecule has 0 aliphatic rings. The number of urea groups is 1. The first-order chi connectivity index (χ1) is 9.45. The van der Waals surface area contributed by atoms with Gasteiger partial charge in [0.1, 0.15) is 12.4 Å². The van der Waals surface area contributed by atoms with Gasteiger partial charge in [-0.2, -0.15) is 0 Å². The zero-order chi connectivity index (χ0) is 15.1. The van der Waals surface area contributed by atoms with Crippen molar-refractivity contribution < 1.29 is 9.53 Å². The van der Waals surface area contributed by atoms with Crippen molar-refractivity contribution in [2.45, 2.75) is 47.1 Å². The molecule has 1 rings (SSSR count). The van der Waals surface area contributed by atoms with Crippen LogP contribution >= 0.6 is 0 Å². The Morgan fingerprint density at radius 2 is 1.90 bits per heavy atom. The van der Waals surface area contributed by atoms with Gasteiger partial charge in [-0.15, -0.1) is 0 Å². The van der Waals surface area contributed by atoms with Crippen LogP contribution in [0, 0.1) is 20.8 Å². The lowest BCUT2D eigenvalue weighted by Crippen LogP contribution is -2.41. The van der Waals surface area contributed by atoms with Gasteiger partial charge in [-0.25, -0.2) is 4.79 Å². The fourth-order valence-electron chi connectivity index (χ4n) is 1.84. The summed E-state index contributed by atoms with van der Waals surface area (Å²) in [6.07, 6.45) is 0.922. The number of carbonyl (C=O) groups is 1. The highest BCUT2D eigenvalue weighted by atomic mass is 16.5. The molecule has 0 heterocycles. The molecule has 0 aliphatic carbocycles. The SMILES string of the molecule is CCC(C)NC(=O)NCCOc1c(C)ccc(C)c1C. The minimum atomic E-state index is -0.138. The molecule has 1 atom stereocenters. The number of ether oxygens (including phenoxy) is 1. The van der Waals surface area contributed by atoms with E-state index in [9.17, 15) is 4.79 Å². The smallest absolute Gasteiger partial charge is 0.315 e. The Hall–Kier alpha value is -1.71. The van der Waals surface area contributed by atoms with Crippen molar-refractivity contribution in [3.63, 3.8) is 0 Å². The quantitative estimate of drug-likeness (QED) is 0.786. The first-order valence-corrected chi connectivity index (χ1v) is 7.19. The fraction of sp³-hybridized carbons (Fsp3) is 0.562. The molecule has 0 fully saturated rings. The van der Waals surface area contributed by atoms with E-state index in [2.05, 4.69) is 36.6 Å². The van der Waals surface area contributed by atoms with E-state index in [0.717, 1.165) is 23.3 Å². The number of hydrogen-bond acceptors (Lipinski definition) is 2. The van der Waals surface area contributed by atoms with Gasteiger partial charge in [0.15, 0.2) is 0 Å². The Morgan fingerprint density at radius 3 is 2.55 bits per heavy atom. The maximum Gasteiger partial charge on any atom is 0.315 e. The predicted molar refractivity (Wildman–Crippen MR) is 82.4 cm³/mol. The van der Waals surface area contributed by atoms with Crippen LogP contribution < -0.4 is 15.4 Å². The van der Waals surface area contributed by atoms with Crippen LogP contribution in [0.2, 0.25) is 0 Å². The lowest BCUT2D eigenvalue weighted by atomic mass is 10.1. The fourth-order valence-corrected chi connectivity index (χ4v) is 1.84. The van der Waals surface area contributed by atoms with Gasteiger partial charge < -0.3 is 15.4 Å². The third kappa shape index (κ3) is 4.76. The molecule has 4 nitrogen and oxygen atoms in total. The average Bonchev–Trinajstić information content (AvgIpc) is 2.42. The summed E-state index contributed by atoms with van der Waals surface area (Å²) in [6.45, 7) is 11.1. The monoisotopic (exact) mass is 278 g/mol. The van der Waals surface area contributed by atoms with Crippen molar-refractivity contribution >= 4 is 6.03 Å². The summed E-state index contributed by atoms with van der Waals surface area (Å²) in [6, 6.07) is 4.20. The summed E-state index contributed by atoms with van der Waals surface area (Å²) in [7, 11) is 0. The molecule has 0 aliphatic heterocycles. The van der Waals surface area contributed by atoms with Crippen LogP contribution in [0.25, 0.3) is 0 Å². The second-order valence-corrected chi connectivity index (χ2v) is 5.21. The largest absolute Gasteiger partial charge is 0.491 e. The van der Waals surface area contributed by atoms with Gasteiger partial charge >= 0.3 is 6.03 Å². The molecule has 1 unspecified atom stereocenters. The second-order valence-electron chi connectivity index (χ2n) is 5.21. The van der Waals surface area contributed by atoms with Crippen molar-refractivity contribution in [1.82, 2.24) is 10.6 Å². The van der Waals surface area contributed by atoms with Crippen molar-refractivity contribution in [3.8, 4) is 5.75 Å². The van der Waals surface area contributed by atoms with Crippen molar-refractivity contribution in [2.75, 3.05) is 13.2 Å². The van der Waals surface area contributed by atoms with E-state index in [0.29, 0.717) is 13.2 Å².